The number of hydrogen-bond donors (Lipinski definition) is 2. The topological polar surface area (TPSA) is 111 Å². The number of carboxylic acid groups (broad SMARTS) is 1. The van der Waals surface area contributed by atoms with Gasteiger partial charge in [0.1, 0.15) is 11.5 Å². The van der Waals surface area contributed by atoms with Gasteiger partial charge >= 0.3 is 5.97 Å². The standard InChI is InChI=1S/C23H24N2O6/c1-13-9-16(11-20(30-4)14(13)2)23-17(12-24-31-23)15-5-6-19(29-3)18(10-15)25-21(26)7-8-22(27)28/h5-6,9-12H,7-8H2,1-4H3,(H,25,26)(H,27,28). The number of carbonyl (C=O) groups excluding carboxylic acids is 1. The number of aliphatic carboxylic acids is 1. The lowest BCUT2D eigenvalue weighted by Gasteiger charge is -2.13. The number of carboxylic acids is 1. The molecule has 2 aromatic carbocycles. The molecule has 8 heteroatoms. The fourth-order valence-corrected chi connectivity index (χ4v) is 3.23. The highest BCUT2D eigenvalue weighted by Gasteiger charge is 2.18. The summed E-state index contributed by atoms with van der Waals surface area (Å²) < 4.78 is 16.4. The Balaban J connectivity index is 1.98. The van der Waals surface area contributed by atoms with Crippen molar-refractivity contribution in [1.29, 1.82) is 0 Å². The van der Waals surface area contributed by atoms with E-state index in [1.807, 2.05) is 32.0 Å². The van der Waals surface area contributed by atoms with Gasteiger partial charge in [0.2, 0.25) is 5.91 Å². The van der Waals surface area contributed by atoms with Crippen LogP contribution in [0.3, 0.4) is 0 Å². The summed E-state index contributed by atoms with van der Waals surface area (Å²) in [5.41, 5.74) is 4.83. The van der Waals surface area contributed by atoms with Crippen molar-refractivity contribution in [3.63, 3.8) is 0 Å². The first-order valence-electron chi connectivity index (χ1n) is 9.64. The Labute approximate surface area is 179 Å². The van der Waals surface area contributed by atoms with Crippen molar-refractivity contribution in [2.24, 2.45) is 0 Å². The van der Waals surface area contributed by atoms with Gasteiger partial charge < -0.3 is 24.4 Å². The number of hydrogen-bond acceptors (Lipinski definition) is 6. The predicted molar refractivity (Wildman–Crippen MR) is 115 cm³/mol. The van der Waals surface area contributed by atoms with Crippen molar-refractivity contribution in [2.75, 3.05) is 19.5 Å². The molecular formula is C23H24N2O6. The van der Waals surface area contributed by atoms with E-state index in [1.165, 1.54) is 7.11 Å². The summed E-state index contributed by atoms with van der Waals surface area (Å²) in [6.07, 6.45) is 1.22. The Morgan fingerprint density at radius 1 is 1.03 bits per heavy atom. The number of methoxy groups -OCH3 is 2. The van der Waals surface area contributed by atoms with Gasteiger partial charge in [-0.25, -0.2) is 0 Å². The van der Waals surface area contributed by atoms with Gasteiger partial charge in [-0.3, -0.25) is 9.59 Å². The van der Waals surface area contributed by atoms with E-state index < -0.39 is 11.9 Å². The molecule has 0 radical (unpaired) electrons. The van der Waals surface area contributed by atoms with E-state index in [-0.39, 0.29) is 12.8 Å². The van der Waals surface area contributed by atoms with E-state index in [0.717, 1.165) is 33.6 Å². The SMILES string of the molecule is COc1ccc(-c2cnoc2-c2cc(C)c(C)c(OC)c2)cc1NC(=O)CCC(=O)O. The van der Waals surface area contributed by atoms with Crippen molar-refractivity contribution in [3.05, 3.63) is 47.7 Å². The molecule has 0 fully saturated rings. The minimum Gasteiger partial charge on any atom is -0.496 e. The molecule has 2 N–H and O–H groups in total. The van der Waals surface area contributed by atoms with Crippen molar-refractivity contribution in [3.8, 4) is 33.9 Å². The Morgan fingerprint density at radius 3 is 2.45 bits per heavy atom. The van der Waals surface area contributed by atoms with Gasteiger partial charge in [-0.05, 0) is 54.8 Å². The molecule has 162 valence electrons. The van der Waals surface area contributed by atoms with Crippen LogP contribution in [0.4, 0.5) is 5.69 Å². The molecule has 31 heavy (non-hydrogen) atoms. The first-order valence-corrected chi connectivity index (χ1v) is 9.64. The van der Waals surface area contributed by atoms with Gasteiger partial charge in [0.05, 0.1) is 32.5 Å². The minimum absolute atomic E-state index is 0.135. The van der Waals surface area contributed by atoms with E-state index in [1.54, 1.807) is 25.4 Å². The number of nitrogens with zero attached hydrogens (tertiary/aromatic N) is 1. The second-order valence-corrected chi connectivity index (χ2v) is 7.05. The molecule has 0 atom stereocenters. The van der Waals surface area contributed by atoms with Crippen LogP contribution in [0.2, 0.25) is 0 Å². The fourth-order valence-electron chi connectivity index (χ4n) is 3.23. The summed E-state index contributed by atoms with van der Waals surface area (Å²) in [5.74, 6) is 0.322. The first-order chi connectivity index (χ1) is 14.8. The summed E-state index contributed by atoms with van der Waals surface area (Å²) in [4.78, 5) is 22.9. The lowest BCUT2D eigenvalue weighted by molar-refractivity contribution is -0.138. The zero-order valence-corrected chi connectivity index (χ0v) is 17.8. The van der Waals surface area contributed by atoms with Crippen molar-refractivity contribution in [1.82, 2.24) is 5.16 Å². The zero-order valence-electron chi connectivity index (χ0n) is 17.8. The molecule has 0 bridgehead atoms. The van der Waals surface area contributed by atoms with Crippen LogP contribution in [0.1, 0.15) is 24.0 Å². The number of nitrogens with one attached hydrogen (secondary N) is 1. The lowest BCUT2D eigenvalue weighted by Crippen LogP contribution is -2.13. The normalized spacial score (nSPS) is 10.6. The second-order valence-electron chi connectivity index (χ2n) is 7.05. The Bertz CT molecular complexity index is 1120. The van der Waals surface area contributed by atoms with Crippen molar-refractivity contribution in [2.45, 2.75) is 26.7 Å². The molecule has 1 heterocycles. The molecule has 0 saturated heterocycles. The van der Waals surface area contributed by atoms with E-state index in [9.17, 15) is 9.59 Å². The van der Waals surface area contributed by atoms with Crippen LogP contribution in [0.5, 0.6) is 11.5 Å². The van der Waals surface area contributed by atoms with Gasteiger partial charge in [0.25, 0.3) is 0 Å². The second kappa shape index (κ2) is 9.34. The molecule has 0 spiro atoms. The third-order valence-electron chi connectivity index (χ3n) is 5.02. The maximum absolute atomic E-state index is 12.1. The summed E-state index contributed by atoms with van der Waals surface area (Å²) in [7, 11) is 3.11. The van der Waals surface area contributed by atoms with Crippen molar-refractivity contribution < 1.29 is 28.7 Å². The zero-order chi connectivity index (χ0) is 22.5. The van der Waals surface area contributed by atoms with Crippen LogP contribution in [-0.4, -0.2) is 36.4 Å². The Kier molecular flexibility index (Phi) is 6.59. The highest BCUT2D eigenvalue weighted by atomic mass is 16.5. The summed E-state index contributed by atoms with van der Waals surface area (Å²) in [5, 5.41) is 15.5. The molecule has 3 rings (SSSR count). The van der Waals surface area contributed by atoms with E-state index in [0.29, 0.717) is 17.2 Å². The van der Waals surface area contributed by atoms with Gasteiger partial charge in [0, 0.05) is 17.5 Å². The van der Waals surface area contributed by atoms with Crippen LogP contribution < -0.4 is 14.8 Å². The average Bonchev–Trinajstić information content (AvgIpc) is 3.24. The molecule has 1 amide bonds. The van der Waals surface area contributed by atoms with Crippen LogP contribution in [0.15, 0.2) is 41.1 Å². The first kappa shape index (κ1) is 21.9. The molecular weight excluding hydrogens is 400 g/mol. The van der Waals surface area contributed by atoms with E-state index >= 15 is 0 Å². The largest absolute Gasteiger partial charge is 0.496 e. The number of aryl methyl sites for hydroxylation is 1. The van der Waals surface area contributed by atoms with Gasteiger partial charge in [-0.2, -0.15) is 0 Å². The third-order valence-corrected chi connectivity index (χ3v) is 5.02. The number of benzene rings is 2. The smallest absolute Gasteiger partial charge is 0.303 e. The molecule has 1 aromatic heterocycles. The van der Waals surface area contributed by atoms with E-state index in [2.05, 4.69) is 10.5 Å². The van der Waals surface area contributed by atoms with Gasteiger partial charge in [-0.15, -0.1) is 0 Å². The molecule has 0 aliphatic heterocycles. The number of amides is 1. The van der Waals surface area contributed by atoms with E-state index in [4.69, 9.17) is 19.1 Å². The molecule has 0 saturated carbocycles. The third kappa shape index (κ3) is 4.85. The number of ether oxygens (including phenoxy) is 2. The number of aromatic nitrogens is 1. The van der Waals surface area contributed by atoms with Crippen LogP contribution in [0.25, 0.3) is 22.5 Å². The Morgan fingerprint density at radius 2 is 1.77 bits per heavy atom. The summed E-state index contributed by atoms with van der Waals surface area (Å²) >= 11 is 0. The Hall–Kier alpha value is -3.81. The van der Waals surface area contributed by atoms with Gasteiger partial charge in [0.15, 0.2) is 5.76 Å². The molecule has 8 nitrogen and oxygen atoms in total. The maximum atomic E-state index is 12.1. The highest BCUT2D eigenvalue weighted by Crippen LogP contribution is 2.38. The summed E-state index contributed by atoms with van der Waals surface area (Å²) in [6, 6.07) is 9.19. The van der Waals surface area contributed by atoms with Crippen molar-refractivity contribution >= 4 is 17.6 Å². The average molecular weight is 424 g/mol. The highest BCUT2D eigenvalue weighted by molar-refractivity contribution is 5.95. The summed E-state index contributed by atoms with van der Waals surface area (Å²) in [6.45, 7) is 3.98. The number of rotatable bonds is 8. The molecule has 0 unspecified atom stereocenters. The minimum atomic E-state index is -1.03. The number of carbonyl (C=O) groups is 2. The van der Waals surface area contributed by atoms with Crippen LogP contribution in [-0.2, 0) is 9.59 Å². The molecule has 0 aliphatic rings. The monoisotopic (exact) mass is 424 g/mol. The number of anilines is 1. The molecule has 0 aliphatic carbocycles. The fraction of sp³-hybridized carbons (Fsp3) is 0.261. The predicted octanol–water partition coefficient (Wildman–Crippen LogP) is 4.45. The quantitative estimate of drug-likeness (QED) is 0.550. The molecule has 3 aromatic rings. The van der Waals surface area contributed by atoms with Crippen LogP contribution in [0, 0.1) is 13.8 Å². The lowest BCUT2D eigenvalue weighted by atomic mass is 9.98. The van der Waals surface area contributed by atoms with Gasteiger partial charge in [-0.1, -0.05) is 11.2 Å². The van der Waals surface area contributed by atoms with Crippen LogP contribution >= 0.6 is 0 Å². The maximum Gasteiger partial charge on any atom is 0.303 e.